The molecule has 1 heterocycles. The number of carbonyl (C=O) groups excluding carboxylic acids is 1. The first-order valence-electron chi connectivity index (χ1n) is 5.89. The Kier molecular flexibility index (Phi) is 3.75. The Balaban J connectivity index is 2.22. The third-order valence-corrected chi connectivity index (χ3v) is 2.81. The Morgan fingerprint density at radius 1 is 1.32 bits per heavy atom. The molecule has 100 valence electrons. The molecule has 0 bridgehead atoms. The molecular weight excluding hydrogens is 308 g/mol. The Labute approximate surface area is 120 Å². The largest absolute Gasteiger partial charge is 0.442 e. The van der Waals surface area contributed by atoms with E-state index in [0.717, 1.165) is 15.6 Å². The average molecular weight is 323 g/mol. The third kappa shape index (κ3) is 3.67. The predicted octanol–water partition coefficient (Wildman–Crippen LogP) is 4.10. The van der Waals surface area contributed by atoms with E-state index in [2.05, 4.69) is 21.0 Å². The number of nitrogens with zero attached hydrogens (tertiary/aromatic N) is 2. The monoisotopic (exact) mass is 322 g/mol. The molecule has 0 unspecified atom stereocenters. The van der Waals surface area contributed by atoms with Crippen LogP contribution in [0.4, 0.5) is 4.79 Å². The molecule has 0 aliphatic heterocycles. The Morgan fingerprint density at radius 2 is 2.05 bits per heavy atom. The fourth-order valence-electron chi connectivity index (χ4n) is 1.55. The van der Waals surface area contributed by atoms with Gasteiger partial charge in [0.2, 0.25) is 0 Å². The average Bonchev–Trinajstić information content (AvgIpc) is 2.75. The van der Waals surface area contributed by atoms with Gasteiger partial charge in [-0.2, -0.15) is 9.78 Å². The van der Waals surface area contributed by atoms with Crippen LogP contribution in [-0.4, -0.2) is 21.5 Å². The molecule has 0 fully saturated rings. The predicted molar refractivity (Wildman–Crippen MR) is 77.0 cm³/mol. The van der Waals surface area contributed by atoms with Crippen molar-refractivity contribution in [2.24, 2.45) is 0 Å². The molecule has 0 saturated carbocycles. The lowest BCUT2D eigenvalue weighted by Gasteiger charge is -2.18. The number of hydrogen-bond acceptors (Lipinski definition) is 3. The highest BCUT2D eigenvalue weighted by Gasteiger charge is 2.18. The highest BCUT2D eigenvalue weighted by Crippen LogP contribution is 2.22. The second-order valence-corrected chi connectivity index (χ2v) is 6.08. The summed E-state index contributed by atoms with van der Waals surface area (Å²) in [6.45, 7) is 5.47. The molecular formula is C14H15BrN2O2. The van der Waals surface area contributed by atoms with Crippen molar-refractivity contribution in [1.82, 2.24) is 9.78 Å². The van der Waals surface area contributed by atoms with Gasteiger partial charge in [0.1, 0.15) is 5.60 Å². The van der Waals surface area contributed by atoms with Crippen molar-refractivity contribution >= 4 is 22.0 Å². The van der Waals surface area contributed by atoms with E-state index in [1.807, 2.05) is 45.0 Å². The van der Waals surface area contributed by atoms with Crippen LogP contribution in [0.1, 0.15) is 20.8 Å². The van der Waals surface area contributed by atoms with Gasteiger partial charge in [0, 0.05) is 16.2 Å². The molecule has 1 aromatic heterocycles. The van der Waals surface area contributed by atoms with Crippen LogP contribution in [-0.2, 0) is 4.74 Å². The summed E-state index contributed by atoms with van der Waals surface area (Å²) in [6.07, 6.45) is 2.83. The van der Waals surface area contributed by atoms with Crippen LogP contribution < -0.4 is 0 Å². The molecule has 0 amide bonds. The summed E-state index contributed by atoms with van der Waals surface area (Å²) in [5, 5.41) is 4.03. The minimum atomic E-state index is -0.529. The third-order valence-electron chi connectivity index (χ3n) is 2.32. The normalized spacial score (nSPS) is 11.4. The highest BCUT2D eigenvalue weighted by molar-refractivity contribution is 9.10. The van der Waals surface area contributed by atoms with E-state index in [1.165, 1.54) is 4.68 Å². The van der Waals surface area contributed by atoms with Gasteiger partial charge in [0.05, 0.1) is 6.20 Å². The van der Waals surface area contributed by atoms with Crippen LogP contribution >= 0.6 is 15.9 Å². The minimum absolute atomic E-state index is 0.478. The van der Waals surface area contributed by atoms with Gasteiger partial charge in [0.25, 0.3) is 0 Å². The van der Waals surface area contributed by atoms with E-state index in [-0.39, 0.29) is 0 Å². The molecule has 2 rings (SSSR count). The van der Waals surface area contributed by atoms with E-state index in [1.54, 1.807) is 12.4 Å². The summed E-state index contributed by atoms with van der Waals surface area (Å²) < 4.78 is 7.44. The quantitative estimate of drug-likeness (QED) is 0.794. The van der Waals surface area contributed by atoms with Crippen LogP contribution in [0.2, 0.25) is 0 Å². The first-order valence-corrected chi connectivity index (χ1v) is 6.68. The molecule has 0 atom stereocenters. The van der Waals surface area contributed by atoms with Gasteiger partial charge in [0.15, 0.2) is 0 Å². The number of carbonyl (C=O) groups is 1. The number of rotatable bonds is 1. The van der Waals surface area contributed by atoms with Crippen LogP contribution in [0.5, 0.6) is 0 Å². The summed E-state index contributed by atoms with van der Waals surface area (Å²) in [7, 11) is 0. The molecule has 2 aromatic rings. The maximum absolute atomic E-state index is 11.8. The van der Waals surface area contributed by atoms with Gasteiger partial charge in [-0.1, -0.05) is 28.1 Å². The molecule has 19 heavy (non-hydrogen) atoms. The van der Waals surface area contributed by atoms with Gasteiger partial charge in [-0.3, -0.25) is 0 Å². The van der Waals surface area contributed by atoms with Crippen LogP contribution in [0.15, 0.2) is 41.1 Å². The fourth-order valence-corrected chi connectivity index (χ4v) is 1.95. The van der Waals surface area contributed by atoms with E-state index < -0.39 is 11.7 Å². The smallest absolute Gasteiger partial charge is 0.435 e. The fraction of sp³-hybridized carbons (Fsp3) is 0.286. The molecule has 0 N–H and O–H groups in total. The van der Waals surface area contributed by atoms with Gasteiger partial charge in [-0.25, -0.2) is 4.79 Å². The van der Waals surface area contributed by atoms with Crippen LogP contribution in [0.3, 0.4) is 0 Å². The van der Waals surface area contributed by atoms with Crippen LogP contribution in [0.25, 0.3) is 11.1 Å². The minimum Gasteiger partial charge on any atom is -0.442 e. The summed E-state index contributed by atoms with van der Waals surface area (Å²) in [4.78, 5) is 11.8. The van der Waals surface area contributed by atoms with E-state index in [9.17, 15) is 4.79 Å². The van der Waals surface area contributed by atoms with Crippen molar-refractivity contribution in [3.8, 4) is 11.1 Å². The molecule has 0 aliphatic rings. The van der Waals surface area contributed by atoms with Gasteiger partial charge < -0.3 is 4.74 Å². The van der Waals surface area contributed by atoms with Gasteiger partial charge in [-0.15, -0.1) is 0 Å². The van der Waals surface area contributed by atoms with Crippen molar-refractivity contribution < 1.29 is 9.53 Å². The van der Waals surface area contributed by atoms with E-state index >= 15 is 0 Å². The lowest BCUT2D eigenvalue weighted by molar-refractivity contribution is 0.0514. The van der Waals surface area contributed by atoms with Crippen molar-refractivity contribution in [2.75, 3.05) is 0 Å². The zero-order valence-electron chi connectivity index (χ0n) is 11.1. The van der Waals surface area contributed by atoms with Crippen molar-refractivity contribution in [1.29, 1.82) is 0 Å². The SMILES string of the molecule is CC(C)(C)OC(=O)n1cc(-c2cccc(Br)c2)cn1. The molecule has 5 heteroatoms. The Bertz CT molecular complexity index is 599. The van der Waals surface area contributed by atoms with Crippen molar-refractivity contribution in [3.63, 3.8) is 0 Å². The van der Waals surface area contributed by atoms with Gasteiger partial charge in [-0.05, 0) is 38.5 Å². The van der Waals surface area contributed by atoms with Gasteiger partial charge >= 0.3 is 6.09 Å². The molecule has 0 radical (unpaired) electrons. The zero-order valence-corrected chi connectivity index (χ0v) is 12.6. The second-order valence-electron chi connectivity index (χ2n) is 5.16. The number of hydrogen-bond donors (Lipinski definition) is 0. The van der Waals surface area contributed by atoms with Crippen molar-refractivity contribution in [2.45, 2.75) is 26.4 Å². The summed E-state index contributed by atoms with van der Waals surface area (Å²) in [5.41, 5.74) is 1.33. The summed E-state index contributed by atoms with van der Waals surface area (Å²) in [6, 6.07) is 7.81. The lowest BCUT2D eigenvalue weighted by Crippen LogP contribution is -2.27. The van der Waals surface area contributed by atoms with Crippen molar-refractivity contribution in [3.05, 3.63) is 41.1 Å². The summed E-state index contributed by atoms with van der Waals surface area (Å²) >= 11 is 3.42. The maximum Gasteiger partial charge on any atom is 0.435 e. The summed E-state index contributed by atoms with van der Waals surface area (Å²) in [5.74, 6) is 0. The topological polar surface area (TPSA) is 44.1 Å². The molecule has 1 aromatic carbocycles. The standard InChI is InChI=1S/C14H15BrN2O2/c1-14(2,3)19-13(18)17-9-11(8-16-17)10-5-4-6-12(15)7-10/h4-9H,1-3H3. The number of halogens is 1. The molecule has 4 nitrogen and oxygen atoms in total. The maximum atomic E-state index is 11.8. The number of aromatic nitrogens is 2. The van der Waals surface area contributed by atoms with E-state index in [0.29, 0.717) is 0 Å². The van der Waals surface area contributed by atoms with E-state index in [4.69, 9.17) is 4.74 Å². The second kappa shape index (κ2) is 5.17. The molecule has 0 saturated heterocycles. The Hall–Kier alpha value is -1.62. The molecule has 0 spiro atoms. The zero-order chi connectivity index (χ0) is 14.0. The number of ether oxygens (including phenoxy) is 1. The molecule has 0 aliphatic carbocycles. The van der Waals surface area contributed by atoms with Crippen LogP contribution in [0, 0.1) is 0 Å². The lowest BCUT2D eigenvalue weighted by atomic mass is 10.1. The highest BCUT2D eigenvalue weighted by atomic mass is 79.9. The number of benzene rings is 1. The first-order chi connectivity index (χ1) is 8.85. The Morgan fingerprint density at radius 3 is 2.68 bits per heavy atom. The first kappa shape index (κ1) is 13.8.